The lowest BCUT2D eigenvalue weighted by Gasteiger charge is -2.21. The quantitative estimate of drug-likeness (QED) is 0.0278. The van der Waals surface area contributed by atoms with Crippen molar-refractivity contribution in [1.82, 2.24) is 0 Å². The fraction of sp³-hybridized carbons (Fsp3) is 0.673. The molecular weight excluding hydrogens is 781 g/mol. The second-order valence-corrected chi connectivity index (χ2v) is 19.5. The lowest BCUT2D eigenvalue weighted by molar-refractivity contribution is -0.147. The Morgan fingerprint density at radius 3 is 1.49 bits per heavy atom. The number of aromatic hydroxyl groups is 3. The summed E-state index contributed by atoms with van der Waals surface area (Å²) >= 11 is 0. The number of carbonyl (C=O) groups is 4. The van der Waals surface area contributed by atoms with Gasteiger partial charge in [0.2, 0.25) is 0 Å². The van der Waals surface area contributed by atoms with Gasteiger partial charge in [-0.05, 0) is 158 Å². The van der Waals surface area contributed by atoms with E-state index >= 15 is 0 Å². The number of benzene rings is 2. The van der Waals surface area contributed by atoms with Crippen LogP contribution in [0.3, 0.4) is 0 Å². The van der Waals surface area contributed by atoms with Gasteiger partial charge in [-0.1, -0.05) is 63.9 Å². The third-order valence-corrected chi connectivity index (χ3v) is 14.1. The number of hydrogen-bond acceptors (Lipinski definition) is 8. The molecule has 61 heavy (non-hydrogen) atoms. The van der Waals surface area contributed by atoms with Gasteiger partial charge in [-0.15, -0.1) is 0 Å². The lowest BCUT2D eigenvalue weighted by Crippen LogP contribution is -2.23. The molecule has 0 radical (unpaired) electrons. The van der Waals surface area contributed by atoms with E-state index in [0.717, 1.165) is 95.5 Å². The van der Waals surface area contributed by atoms with E-state index in [2.05, 4.69) is 0 Å². The highest BCUT2D eigenvalue weighted by atomic mass is 16.5. The molecule has 0 atom stereocenters. The zero-order chi connectivity index (χ0) is 44.4. The maximum atomic E-state index is 11.8. The first kappa shape index (κ1) is 47.6. The van der Waals surface area contributed by atoms with Crippen LogP contribution in [0.15, 0.2) is 18.2 Å². The standard InChI is InChI=1S/C49H70O12/c1-46(2,42(53)54)20-12-7-8-16-33-30-34(17-11-15-23-49(28-29-49)45(59)60)39(51)38(31-33)61-41-35(18-9-3-5-13-21-47(24-25-47)43(55)56)32-37(50)40(52)36(41)19-10-4-6-14-22-48(26-27-48)44(57)58/h30-32,50-52H,3-29H2,1-2H3,(H,53,54)(H,55,56)(H,57,58)(H,59,60). The molecule has 0 aliphatic heterocycles. The highest BCUT2D eigenvalue weighted by Gasteiger charge is 2.50. The highest BCUT2D eigenvalue weighted by Crippen LogP contribution is 2.52. The van der Waals surface area contributed by atoms with Crippen molar-refractivity contribution < 1.29 is 59.7 Å². The minimum Gasteiger partial charge on any atom is -0.504 e. The molecule has 3 fully saturated rings. The average Bonchev–Trinajstić information content (AvgIpc) is 4.09. The van der Waals surface area contributed by atoms with Gasteiger partial charge in [0.1, 0.15) is 5.75 Å². The van der Waals surface area contributed by atoms with Crippen LogP contribution in [0.5, 0.6) is 28.7 Å². The molecular formula is C49H70O12. The summed E-state index contributed by atoms with van der Waals surface area (Å²) in [5, 5.41) is 72.5. The predicted octanol–water partition coefficient (Wildman–Crippen LogP) is 11.1. The number of phenolic OH excluding ortho intramolecular Hbond substituents is 3. The minimum absolute atomic E-state index is 0.0318. The Hall–Kier alpha value is -4.48. The van der Waals surface area contributed by atoms with Crippen LogP contribution in [0.1, 0.15) is 184 Å². The van der Waals surface area contributed by atoms with Crippen molar-refractivity contribution in [3.63, 3.8) is 0 Å². The van der Waals surface area contributed by atoms with Crippen LogP contribution in [0.25, 0.3) is 0 Å². The zero-order valence-corrected chi connectivity index (χ0v) is 36.5. The Morgan fingerprint density at radius 2 is 0.984 bits per heavy atom. The van der Waals surface area contributed by atoms with E-state index in [1.54, 1.807) is 13.8 Å². The van der Waals surface area contributed by atoms with E-state index < -0.39 is 45.5 Å². The van der Waals surface area contributed by atoms with Crippen molar-refractivity contribution in [2.24, 2.45) is 21.7 Å². The van der Waals surface area contributed by atoms with E-state index in [-0.39, 0.29) is 23.0 Å². The SMILES string of the molecule is CC(C)(CCCCCc1cc(CCCCC2(C(=O)O)CC2)c(O)c(Oc2c(CCCCCCC3(C(=O)O)CC3)cc(O)c(O)c2CCCCCCC2(C(=O)O)CC2)c1)C(=O)O. The number of rotatable bonds is 31. The topological polar surface area (TPSA) is 219 Å². The molecule has 0 amide bonds. The predicted molar refractivity (Wildman–Crippen MR) is 231 cm³/mol. The Bertz CT molecular complexity index is 1870. The molecule has 3 aliphatic carbocycles. The summed E-state index contributed by atoms with van der Waals surface area (Å²) in [5.41, 5.74) is 0.164. The van der Waals surface area contributed by atoms with Crippen molar-refractivity contribution in [2.45, 2.75) is 187 Å². The number of aliphatic carboxylic acids is 4. The molecule has 3 aliphatic rings. The van der Waals surface area contributed by atoms with Gasteiger partial charge in [-0.3, -0.25) is 19.2 Å². The fourth-order valence-electron chi connectivity index (χ4n) is 8.93. The van der Waals surface area contributed by atoms with Gasteiger partial charge in [0.25, 0.3) is 0 Å². The Kier molecular flexibility index (Phi) is 16.1. The van der Waals surface area contributed by atoms with Crippen molar-refractivity contribution in [1.29, 1.82) is 0 Å². The molecule has 0 heterocycles. The van der Waals surface area contributed by atoms with Crippen LogP contribution in [0.4, 0.5) is 0 Å². The number of carboxylic acid groups (broad SMARTS) is 4. The molecule has 0 unspecified atom stereocenters. The second-order valence-electron chi connectivity index (χ2n) is 19.5. The van der Waals surface area contributed by atoms with E-state index in [1.165, 1.54) is 6.07 Å². The number of hydrogen-bond donors (Lipinski definition) is 7. The largest absolute Gasteiger partial charge is 0.504 e. The maximum Gasteiger partial charge on any atom is 0.309 e. The van der Waals surface area contributed by atoms with Gasteiger partial charge in [0, 0.05) is 5.56 Å². The first-order chi connectivity index (χ1) is 28.9. The third-order valence-electron chi connectivity index (χ3n) is 14.1. The molecule has 0 spiro atoms. The molecule has 2 aromatic rings. The van der Waals surface area contributed by atoms with Crippen molar-refractivity contribution >= 4 is 23.9 Å². The van der Waals surface area contributed by atoms with Crippen molar-refractivity contribution in [2.75, 3.05) is 0 Å². The van der Waals surface area contributed by atoms with Gasteiger partial charge >= 0.3 is 23.9 Å². The molecule has 0 bridgehead atoms. The number of unbranched alkanes of at least 4 members (excludes halogenated alkanes) is 9. The van der Waals surface area contributed by atoms with E-state index in [9.17, 15) is 54.9 Å². The number of phenols is 3. The normalized spacial score (nSPS) is 16.8. The summed E-state index contributed by atoms with van der Waals surface area (Å²) in [6.07, 6.45) is 18.8. The maximum absolute atomic E-state index is 11.8. The molecule has 7 N–H and O–H groups in total. The molecule has 5 rings (SSSR count). The summed E-state index contributed by atoms with van der Waals surface area (Å²) < 4.78 is 6.71. The Labute approximate surface area is 360 Å². The number of carboxylic acids is 4. The summed E-state index contributed by atoms with van der Waals surface area (Å²) in [4.78, 5) is 46.7. The van der Waals surface area contributed by atoms with Crippen LogP contribution < -0.4 is 4.74 Å². The summed E-state index contributed by atoms with van der Waals surface area (Å²) in [6, 6.07) is 5.30. The summed E-state index contributed by atoms with van der Waals surface area (Å²) in [5.74, 6) is -2.97. The average molecular weight is 851 g/mol. The molecule has 0 aromatic heterocycles. The van der Waals surface area contributed by atoms with Gasteiger partial charge in [0.05, 0.1) is 21.7 Å². The summed E-state index contributed by atoms with van der Waals surface area (Å²) in [6.45, 7) is 3.46. The zero-order valence-electron chi connectivity index (χ0n) is 36.5. The van der Waals surface area contributed by atoms with E-state index in [1.807, 2.05) is 12.1 Å². The van der Waals surface area contributed by atoms with Crippen LogP contribution in [-0.2, 0) is 44.9 Å². The van der Waals surface area contributed by atoms with Crippen LogP contribution in [0.2, 0.25) is 0 Å². The first-order valence-corrected chi connectivity index (χ1v) is 23.0. The van der Waals surface area contributed by atoms with Crippen molar-refractivity contribution in [3.05, 3.63) is 40.5 Å². The summed E-state index contributed by atoms with van der Waals surface area (Å²) in [7, 11) is 0. The monoisotopic (exact) mass is 850 g/mol. The number of ether oxygens (including phenoxy) is 1. The smallest absolute Gasteiger partial charge is 0.309 e. The van der Waals surface area contributed by atoms with E-state index in [0.29, 0.717) is 106 Å². The van der Waals surface area contributed by atoms with Crippen molar-refractivity contribution in [3.8, 4) is 28.7 Å². The first-order valence-electron chi connectivity index (χ1n) is 23.0. The highest BCUT2D eigenvalue weighted by molar-refractivity contribution is 5.78. The Balaban J connectivity index is 1.34. The molecule has 12 heteroatoms. The third kappa shape index (κ3) is 12.8. The molecule has 2 aromatic carbocycles. The molecule has 12 nitrogen and oxygen atoms in total. The van der Waals surface area contributed by atoms with Gasteiger partial charge in [-0.25, -0.2) is 0 Å². The fourth-order valence-corrected chi connectivity index (χ4v) is 8.93. The molecule has 3 saturated carbocycles. The molecule has 338 valence electrons. The number of aryl methyl sites for hydroxylation is 3. The van der Waals surface area contributed by atoms with Crippen LogP contribution >= 0.6 is 0 Å². The lowest BCUT2D eigenvalue weighted by atomic mass is 9.87. The van der Waals surface area contributed by atoms with Crippen LogP contribution in [-0.4, -0.2) is 59.6 Å². The van der Waals surface area contributed by atoms with Gasteiger partial charge < -0.3 is 40.5 Å². The minimum atomic E-state index is -0.822. The van der Waals surface area contributed by atoms with Crippen LogP contribution in [0, 0.1) is 21.7 Å². The van der Waals surface area contributed by atoms with E-state index in [4.69, 9.17) is 4.74 Å². The Morgan fingerprint density at radius 1 is 0.541 bits per heavy atom. The van der Waals surface area contributed by atoms with Gasteiger partial charge in [0.15, 0.2) is 23.0 Å². The van der Waals surface area contributed by atoms with Gasteiger partial charge in [-0.2, -0.15) is 0 Å². The second kappa shape index (κ2) is 20.6. The molecule has 0 saturated heterocycles.